The highest BCUT2D eigenvalue weighted by Crippen LogP contribution is 2.28. The van der Waals surface area contributed by atoms with E-state index >= 15 is 0 Å². The molecule has 0 radical (unpaired) electrons. The predicted molar refractivity (Wildman–Crippen MR) is 84.7 cm³/mol. The lowest BCUT2D eigenvalue weighted by atomic mass is 10.2. The van der Waals surface area contributed by atoms with Gasteiger partial charge in [-0.2, -0.15) is 0 Å². The summed E-state index contributed by atoms with van der Waals surface area (Å²) in [6, 6.07) is 7.72. The van der Waals surface area contributed by atoms with E-state index in [2.05, 4.69) is 13.8 Å². The van der Waals surface area contributed by atoms with E-state index in [9.17, 15) is 9.59 Å². The first-order chi connectivity index (χ1) is 10.6. The van der Waals surface area contributed by atoms with Gasteiger partial charge in [0.1, 0.15) is 0 Å². The van der Waals surface area contributed by atoms with Gasteiger partial charge in [-0.1, -0.05) is 26.0 Å². The standard InChI is InChI=1S/C17H22N2O3/c1-12(2)11-19(13-7-8-13)16(20)9-10-18-14-5-3-4-6-15(14)22-17(18)21/h3-6,12-13H,7-11H2,1-2H3. The van der Waals surface area contributed by atoms with Crippen LogP contribution in [0, 0.1) is 5.92 Å². The van der Waals surface area contributed by atoms with Gasteiger partial charge in [-0.15, -0.1) is 0 Å². The number of para-hydroxylation sites is 2. The molecule has 1 amide bonds. The molecule has 0 unspecified atom stereocenters. The average Bonchev–Trinajstić information content (AvgIpc) is 3.26. The summed E-state index contributed by atoms with van der Waals surface area (Å²) in [5.41, 5.74) is 1.32. The maximum absolute atomic E-state index is 12.5. The SMILES string of the molecule is CC(C)CN(C(=O)CCn1c(=O)oc2ccccc21)C1CC1. The number of hydrogen-bond acceptors (Lipinski definition) is 3. The Hall–Kier alpha value is -2.04. The van der Waals surface area contributed by atoms with E-state index in [1.165, 1.54) is 0 Å². The largest absolute Gasteiger partial charge is 0.419 e. The Labute approximate surface area is 129 Å². The minimum atomic E-state index is -0.393. The molecule has 1 heterocycles. The molecule has 1 aromatic carbocycles. The van der Waals surface area contributed by atoms with Crippen molar-refractivity contribution in [2.75, 3.05) is 6.54 Å². The van der Waals surface area contributed by atoms with Gasteiger partial charge in [-0.3, -0.25) is 9.36 Å². The molecule has 0 aliphatic heterocycles. The fourth-order valence-electron chi connectivity index (χ4n) is 2.81. The fourth-order valence-corrected chi connectivity index (χ4v) is 2.81. The van der Waals surface area contributed by atoms with Crippen molar-refractivity contribution < 1.29 is 9.21 Å². The lowest BCUT2D eigenvalue weighted by Crippen LogP contribution is -2.36. The number of carbonyl (C=O) groups is 1. The second-order valence-electron chi connectivity index (χ2n) is 6.41. The summed E-state index contributed by atoms with van der Waals surface area (Å²) in [4.78, 5) is 26.4. The summed E-state index contributed by atoms with van der Waals surface area (Å²) < 4.78 is 6.75. The zero-order chi connectivity index (χ0) is 15.7. The van der Waals surface area contributed by atoms with E-state index in [1.807, 2.05) is 23.1 Å². The molecular weight excluding hydrogens is 280 g/mol. The summed E-state index contributed by atoms with van der Waals surface area (Å²) in [6.45, 7) is 5.41. The number of carbonyl (C=O) groups excluding carboxylic acids is 1. The lowest BCUT2D eigenvalue weighted by Gasteiger charge is -2.24. The van der Waals surface area contributed by atoms with E-state index in [1.54, 1.807) is 10.6 Å². The van der Waals surface area contributed by atoms with Crippen LogP contribution in [0.2, 0.25) is 0 Å². The molecule has 5 nitrogen and oxygen atoms in total. The number of nitrogens with zero attached hydrogens (tertiary/aromatic N) is 2. The van der Waals surface area contributed by atoms with Gasteiger partial charge in [-0.25, -0.2) is 4.79 Å². The summed E-state index contributed by atoms with van der Waals surface area (Å²) in [6.07, 6.45) is 2.55. The van der Waals surface area contributed by atoms with Gasteiger partial charge in [0.05, 0.1) is 5.52 Å². The molecule has 1 aromatic heterocycles. The lowest BCUT2D eigenvalue weighted by molar-refractivity contribution is -0.132. The third kappa shape index (κ3) is 3.08. The number of hydrogen-bond donors (Lipinski definition) is 0. The maximum atomic E-state index is 12.5. The van der Waals surface area contributed by atoms with Crippen molar-refractivity contribution in [1.29, 1.82) is 0 Å². The van der Waals surface area contributed by atoms with Crippen LogP contribution < -0.4 is 5.76 Å². The minimum absolute atomic E-state index is 0.133. The molecule has 2 aromatic rings. The van der Waals surface area contributed by atoms with Crippen molar-refractivity contribution in [3.63, 3.8) is 0 Å². The van der Waals surface area contributed by atoms with Gasteiger partial charge in [-0.05, 0) is 30.9 Å². The van der Waals surface area contributed by atoms with E-state index in [-0.39, 0.29) is 5.91 Å². The Morgan fingerprint density at radius 2 is 2.09 bits per heavy atom. The quantitative estimate of drug-likeness (QED) is 0.824. The van der Waals surface area contributed by atoms with Crippen LogP contribution in [0.3, 0.4) is 0 Å². The smallest absolute Gasteiger partial charge is 0.408 e. The first-order valence-corrected chi connectivity index (χ1v) is 7.94. The summed E-state index contributed by atoms with van der Waals surface area (Å²) in [5, 5.41) is 0. The van der Waals surface area contributed by atoms with E-state index in [0.29, 0.717) is 30.5 Å². The number of fused-ring (bicyclic) bond motifs is 1. The van der Waals surface area contributed by atoms with Crippen molar-refractivity contribution in [3.05, 3.63) is 34.8 Å². The van der Waals surface area contributed by atoms with Crippen LogP contribution in [0.1, 0.15) is 33.1 Å². The van der Waals surface area contributed by atoms with Gasteiger partial charge in [0, 0.05) is 25.6 Å². The van der Waals surface area contributed by atoms with Crippen molar-refractivity contribution in [3.8, 4) is 0 Å². The van der Waals surface area contributed by atoms with Crippen LogP contribution in [0.5, 0.6) is 0 Å². The van der Waals surface area contributed by atoms with Crippen molar-refractivity contribution in [1.82, 2.24) is 9.47 Å². The Kier molecular flexibility index (Phi) is 4.05. The minimum Gasteiger partial charge on any atom is -0.408 e. The number of amides is 1. The van der Waals surface area contributed by atoms with Gasteiger partial charge in [0.2, 0.25) is 5.91 Å². The van der Waals surface area contributed by atoms with Gasteiger partial charge in [0.25, 0.3) is 0 Å². The molecule has 22 heavy (non-hydrogen) atoms. The molecule has 0 N–H and O–H groups in total. The second-order valence-corrected chi connectivity index (χ2v) is 6.41. The Bertz CT molecular complexity index is 725. The predicted octanol–water partition coefficient (Wildman–Crippen LogP) is 2.63. The molecule has 1 aliphatic carbocycles. The highest BCUT2D eigenvalue weighted by molar-refractivity contribution is 5.77. The molecule has 3 rings (SSSR count). The fraction of sp³-hybridized carbons (Fsp3) is 0.529. The first-order valence-electron chi connectivity index (χ1n) is 7.94. The molecule has 118 valence electrons. The second kappa shape index (κ2) is 5.99. The molecule has 0 atom stereocenters. The molecule has 0 spiro atoms. The summed E-state index contributed by atoms with van der Waals surface area (Å²) in [7, 11) is 0. The van der Waals surface area contributed by atoms with Gasteiger partial charge >= 0.3 is 5.76 Å². The van der Waals surface area contributed by atoms with Crippen LogP contribution in [0.15, 0.2) is 33.5 Å². The molecule has 5 heteroatoms. The zero-order valence-corrected chi connectivity index (χ0v) is 13.1. The highest BCUT2D eigenvalue weighted by Gasteiger charge is 2.32. The molecule has 1 fully saturated rings. The van der Waals surface area contributed by atoms with Crippen LogP contribution in [0.4, 0.5) is 0 Å². The molecular formula is C17H22N2O3. The van der Waals surface area contributed by atoms with Crippen LogP contribution in [0.25, 0.3) is 11.1 Å². The van der Waals surface area contributed by atoms with Gasteiger partial charge < -0.3 is 9.32 Å². The Morgan fingerprint density at radius 1 is 1.36 bits per heavy atom. The number of aryl methyl sites for hydroxylation is 1. The Balaban J connectivity index is 1.71. The van der Waals surface area contributed by atoms with Crippen molar-refractivity contribution >= 4 is 17.0 Å². The van der Waals surface area contributed by atoms with Gasteiger partial charge in [0.15, 0.2) is 5.58 Å². The zero-order valence-electron chi connectivity index (χ0n) is 13.1. The number of oxazole rings is 1. The third-order valence-corrected chi connectivity index (χ3v) is 3.99. The van der Waals surface area contributed by atoms with Crippen LogP contribution in [-0.2, 0) is 11.3 Å². The number of benzene rings is 1. The first kappa shape index (κ1) is 14.9. The van der Waals surface area contributed by atoms with E-state index in [0.717, 1.165) is 24.9 Å². The molecule has 0 saturated heterocycles. The summed E-state index contributed by atoms with van der Waals surface area (Å²) in [5.74, 6) is 0.200. The average molecular weight is 302 g/mol. The Morgan fingerprint density at radius 3 is 2.77 bits per heavy atom. The maximum Gasteiger partial charge on any atom is 0.419 e. The van der Waals surface area contributed by atoms with E-state index in [4.69, 9.17) is 4.42 Å². The van der Waals surface area contributed by atoms with Crippen molar-refractivity contribution in [2.45, 2.75) is 45.7 Å². The molecule has 1 saturated carbocycles. The van der Waals surface area contributed by atoms with Crippen LogP contribution in [-0.4, -0.2) is 28.0 Å². The number of rotatable bonds is 6. The summed E-state index contributed by atoms with van der Waals surface area (Å²) >= 11 is 0. The topological polar surface area (TPSA) is 55.5 Å². The molecule has 1 aliphatic rings. The van der Waals surface area contributed by atoms with Crippen molar-refractivity contribution in [2.24, 2.45) is 5.92 Å². The van der Waals surface area contributed by atoms with Crippen LogP contribution >= 0.6 is 0 Å². The normalized spacial score (nSPS) is 14.7. The monoisotopic (exact) mass is 302 g/mol. The van der Waals surface area contributed by atoms with E-state index < -0.39 is 5.76 Å². The third-order valence-electron chi connectivity index (χ3n) is 3.99. The highest BCUT2D eigenvalue weighted by atomic mass is 16.4. The molecule has 0 bridgehead atoms. The number of aromatic nitrogens is 1.